The average Bonchev–Trinajstić information content (AvgIpc) is 3.41. The van der Waals surface area contributed by atoms with E-state index in [2.05, 4.69) is 15.5 Å². The van der Waals surface area contributed by atoms with E-state index in [4.69, 9.17) is 4.52 Å². The number of nitrogens with one attached hydrogen (secondary N) is 1. The average molecular weight is 389 g/mol. The molecule has 1 N–H and O–H groups in total. The van der Waals surface area contributed by atoms with Gasteiger partial charge in [0.15, 0.2) is 0 Å². The van der Waals surface area contributed by atoms with Crippen LogP contribution in [0.3, 0.4) is 0 Å². The Hall–Kier alpha value is -3.25. The van der Waals surface area contributed by atoms with Crippen LogP contribution in [0, 0.1) is 0 Å². The highest BCUT2D eigenvalue weighted by molar-refractivity contribution is 7.13. The molecule has 0 saturated carbocycles. The highest BCUT2D eigenvalue weighted by Gasteiger charge is 2.11. The first kappa shape index (κ1) is 18.1. The van der Waals surface area contributed by atoms with Gasteiger partial charge in [0.1, 0.15) is 0 Å². The number of benzene rings is 2. The highest BCUT2D eigenvalue weighted by Crippen LogP contribution is 2.27. The van der Waals surface area contributed by atoms with Gasteiger partial charge in [0, 0.05) is 24.1 Å². The minimum atomic E-state index is -0.0265. The van der Waals surface area contributed by atoms with Gasteiger partial charge in [-0.1, -0.05) is 59.8 Å². The topological polar surface area (TPSA) is 68.0 Å². The zero-order valence-electron chi connectivity index (χ0n) is 15.2. The van der Waals surface area contributed by atoms with Gasteiger partial charge in [0.25, 0.3) is 0 Å². The molecule has 28 heavy (non-hydrogen) atoms. The van der Waals surface area contributed by atoms with Gasteiger partial charge in [0.05, 0.1) is 4.88 Å². The van der Waals surface area contributed by atoms with E-state index in [-0.39, 0.29) is 5.91 Å². The van der Waals surface area contributed by atoms with Crippen LogP contribution in [0.15, 0.2) is 76.6 Å². The summed E-state index contributed by atoms with van der Waals surface area (Å²) in [6.07, 6.45) is 1.61. The van der Waals surface area contributed by atoms with Crippen LogP contribution in [0.2, 0.25) is 0 Å². The molecule has 0 aliphatic heterocycles. The van der Waals surface area contributed by atoms with E-state index in [1.165, 1.54) is 0 Å². The van der Waals surface area contributed by atoms with Crippen LogP contribution >= 0.6 is 11.3 Å². The molecule has 0 aliphatic rings. The predicted molar refractivity (Wildman–Crippen MR) is 111 cm³/mol. The number of para-hydroxylation sites is 1. The maximum absolute atomic E-state index is 12.4. The number of nitrogens with zero attached hydrogens (tertiary/aromatic N) is 2. The van der Waals surface area contributed by atoms with Crippen molar-refractivity contribution in [2.24, 2.45) is 0 Å². The van der Waals surface area contributed by atoms with Gasteiger partial charge < -0.3 is 9.84 Å². The van der Waals surface area contributed by atoms with Crippen LogP contribution in [0.5, 0.6) is 0 Å². The highest BCUT2D eigenvalue weighted by atomic mass is 32.1. The summed E-state index contributed by atoms with van der Waals surface area (Å²) >= 11 is 1.57. The minimum Gasteiger partial charge on any atom is -0.339 e. The molecule has 0 radical (unpaired) electrons. The zero-order valence-corrected chi connectivity index (χ0v) is 16.0. The van der Waals surface area contributed by atoms with Crippen molar-refractivity contribution in [3.63, 3.8) is 0 Å². The molecule has 0 bridgehead atoms. The molecule has 0 fully saturated rings. The molecule has 2 aromatic heterocycles. The van der Waals surface area contributed by atoms with Crippen molar-refractivity contribution in [3.05, 3.63) is 78.0 Å². The van der Waals surface area contributed by atoms with Gasteiger partial charge in [-0.2, -0.15) is 4.98 Å². The molecule has 140 valence electrons. The molecule has 0 saturated heterocycles. The lowest BCUT2D eigenvalue weighted by Crippen LogP contribution is -2.12. The Bertz CT molecular complexity index is 1040. The molecule has 2 heterocycles. The van der Waals surface area contributed by atoms with E-state index < -0.39 is 0 Å². The summed E-state index contributed by atoms with van der Waals surface area (Å²) in [6.45, 7) is 0. The van der Waals surface area contributed by atoms with Crippen molar-refractivity contribution in [2.45, 2.75) is 19.3 Å². The molecule has 4 aromatic rings. The maximum atomic E-state index is 12.4. The summed E-state index contributed by atoms with van der Waals surface area (Å²) in [4.78, 5) is 17.8. The van der Waals surface area contributed by atoms with Crippen molar-refractivity contribution in [2.75, 3.05) is 5.32 Å². The molecule has 0 unspecified atom stereocenters. The zero-order chi connectivity index (χ0) is 19.2. The third kappa shape index (κ3) is 4.35. The van der Waals surface area contributed by atoms with Gasteiger partial charge >= 0.3 is 0 Å². The standard InChI is InChI=1S/C22H19N3O2S/c26-20(13-6-14-21-24-22(25-27-21)19-12-7-15-28-19)23-18-11-5-4-10-17(18)16-8-2-1-3-9-16/h1-5,7-12,15H,6,13-14H2,(H,23,26). The second-order valence-corrected chi connectivity index (χ2v) is 7.25. The van der Waals surface area contributed by atoms with Crippen LogP contribution < -0.4 is 5.32 Å². The van der Waals surface area contributed by atoms with Crippen molar-refractivity contribution in [3.8, 4) is 21.8 Å². The number of carbonyl (C=O) groups excluding carboxylic acids is 1. The quantitative estimate of drug-likeness (QED) is 0.458. The third-order valence-electron chi connectivity index (χ3n) is 4.29. The molecule has 6 heteroatoms. The molecular weight excluding hydrogens is 370 g/mol. The lowest BCUT2D eigenvalue weighted by Gasteiger charge is -2.11. The molecule has 0 atom stereocenters. The number of anilines is 1. The summed E-state index contributed by atoms with van der Waals surface area (Å²) < 4.78 is 5.28. The van der Waals surface area contributed by atoms with Crippen LogP contribution in [0.1, 0.15) is 18.7 Å². The fraction of sp³-hybridized carbons (Fsp3) is 0.136. The normalized spacial score (nSPS) is 10.7. The first-order chi connectivity index (χ1) is 13.8. The number of aryl methyl sites for hydroxylation is 1. The largest absolute Gasteiger partial charge is 0.339 e. The molecule has 5 nitrogen and oxygen atoms in total. The smallest absolute Gasteiger partial charge is 0.226 e. The van der Waals surface area contributed by atoms with Gasteiger partial charge in [-0.15, -0.1) is 11.3 Å². The van der Waals surface area contributed by atoms with E-state index in [9.17, 15) is 4.79 Å². The first-order valence-electron chi connectivity index (χ1n) is 9.10. The van der Waals surface area contributed by atoms with Crippen LogP contribution in [0.25, 0.3) is 21.8 Å². The van der Waals surface area contributed by atoms with Gasteiger partial charge in [-0.3, -0.25) is 4.79 Å². The Kier molecular flexibility index (Phi) is 5.58. The number of hydrogen-bond donors (Lipinski definition) is 1. The van der Waals surface area contributed by atoms with E-state index >= 15 is 0 Å². The summed E-state index contributed by atoms with van der Waals surface area (Å²) in [7, 11) is 0. The Morgan fingerprint density at radius 2 is 1.82 bits per heavy atom. The summed E-state index contributed by atoms with van der Waals surface area (Å²) in [5.41, 5.74) is 2.90. The van der Waals surface area contributed by atoms with E-state index in [1.54, 1.807) is 11.3 Å². The Morgan fingerprint density at radius 1 is 1.00 bits per heavy atom. The number of aromatic nitrogens is 2. The molecule has 0 aliphatic carbocycles. The van der Waals surface area contributed by atoms with Gasteiger partial charge in [-0.25, -0.2) is 0 Å². The Morgan fingerprint density at radius 3 is 2.64 bits per heavy atom. The Labute approximate surface area is 167 Å². The fourth-order valence-corrected chi connectivity index (χ4v) is 3.59. The van der Waals surface area contributed by atoms with Crippen LogP contribution in [0.4, 0.5) is 5.69 Å². The first-order valence-corrected chi connectivity index (χ1v) is 9.98. The van der Waals surface area contributed by atoms with E-state index in [0.717, 1.165) is 21.7 Å². The summed E-state index contributed by atoms with van der Waals surface area (Å²) in [6, 6.07) is 21.8. The number of rotatable bonds is 7. The SMILES string of the molecule is O=C(CCCc1nc(-c2cccs2)no1)Nc1ccccc1-c1ccccc1. The Balaban J connectivity index is 1.33. The maximum Gasteiger partial charge on any atom is 0.226 e. The summed E-state index contributed by atoms with van der Waals surface area (Å²) in [5, 5.41) is 8.99. The molecule has 4 rings (SSSR count). The molecule has 2 aromatic carbocycles. The molecule has 0 spiro atoms. The lowest BCUT2D eigenvalue weighted by atomic mass is 10.0. The third-order valence-corrected chi connectivity index (χ3v) is 5.16. The van der Waals surface area contributed by atoms with Crippen molar-refractivity contribution in [1.82, 2.24) is 10.1 Å². The van der Waals surface area contributed by atoms with Gasteiger partial charge in [-0.05, 0) is 29.5 Å². The number of amides is 1. The lowest BCUT2D eigenvalue weighted by molar-refractivity contribution is -0.116. The predicted octanol–water partition coefficient (Wildman–Crippen LogP) is 5.43. The van der Waals surface area contributed by atoms with Gasteiger partial charge in [0.2, 0.25) is 17.6 Å². The van der Waals surface area contributed by atoms with Crippen molar-refractivity contribution < 1.29 is 9.32 Å². The van der Waals surface area contributed by atoms with Crippen LogP contribution in [-0.4, -0.2) is 16.0 Å². The monoisotopic (exact) mass is 389 g/mol. The number of hydrogen-bond acceptors (Lipinski definition) is 5. The second kappa shape index (κ2) is 8.63. The van der Waals surface area contributed by atoms with Crippen molar-refractivity contribution >= 4 is 22.9 Å². The number of thiophene rings is 1. The molecule has 1 amide bonds. The minimum absolute atomic E-state index is 0.0265. The summed E-state index contributed by atoms with van der Waals surface area (Å²) in [5.74, 6) is 1.13. The fourth-order valence-electron chi connectivity index (χ4n) is 2.94. The van der Waals surface area contributed by atoms with Crippen molar-refractivity contribution in [1.29, 1.82) is 0 Å². The van der Waals surface area contributed by atoms with E-state index in [0.29, 0.717) is 31.0 Å². The van der Waals surface area contributed by atoms with Crippen LogP contribution in [-0.2, 0) is 11.2 Å². The van der Waals surface area contributed by atoms with E-state index in [1.807, 2.05) is 72.1 Å². The second-order valence-electron chi connectivity index (χ2n) is 6.30. The molecular formula is C22H19N3O2S. The number of carbonyl (C=O) groups is 1.